The number of likely N-dealkylation sites (tertiary alicyclic amines) is 1. The molecule has 1 aromatic rings. The first-order chi connectivity index (χ1) is 9.03. The van der Waals surface area contributed by atoms with E-state index in [-0.39, 0.29) is 4.90 Å². The van der Waals surface area contributed by atoms with Crippen LogP contribution in [0.5, 0.6) is 0 Å². The second-order valence-corrected chi connectivity index (χ2v) is 6.52. The number of anilines is 1. The second kappa shape index (κ2) is 5.83. The fourth-order valence-electron chi connectivity index (χ4n) is 2.21. The van der Waals surface area contributed by atoms with Gasteiger partial charge in [-0.05, 0) is 32.0 Å². The monoisotopic (exact) mass is 285 g/mol. The minimum absolute atomic E-state index is 0.0730. The van der Waals surface area contributed by atoms with Crippen molar-refractivity contribution in [1.29, 1.82) is 0 Å². The number of nitrogens with one attached hydrogen (secondary N) is 2. The Kier molecular flexibility index (Phi) is 4.35. The van der Waals surface area contributed by atoms with Crippen LogP contribution < -0.4 is 16.0 Å². The minimum atomic E-state index is -3.58. The predicted octanol–water partition coefficient (Wildman–Crippen LogP) is -0.403. The van der Waals surface area contributed by atoms with Crippen LogP contribution in [0.2, 0.25) is 0 Å². The smallest absolute Gasteiger partial charge is 0.244 e. The van der Waals surface area contributed by atoms with Gasteiger partial charge in [-0.1, -0.05) is 0 Å². The molecule has 19 heavy (non-hydrogen) atoms. The molecule has 2 rings (SSSR count). The zero-order chi connectivity index (χ0) is 13.9. The number of sulfonamides is 1. The van der Waals surface area contributed by atoms with Gasteiger partial charge >= 0.3 is 0 Å². The molecule has 0 saturated carbocycles. The van der Waals surface area contributed by atoms with Gasteiger partial charge in [0.2, 0.25) is 10.0 Å². The lowest BCUT2D eigenvalue weighted by Crippen LogP contribution is -2.31. The normalized spacial score (nSPS) is 20.6. The van der Waals surface area contributed by atoms with Crippen molar-refractivity contribution in [2.75, 3.05) is 32.1 Å². The van der Waals surface area contributed by atoms with E-state index < -0.39 is 10.0 Å². The van der Waals surface area contributed by atoms with E-state index in [1.54, 1.807) is 0 Å². The quantitative estimate of drug-likeness (QED) is 0.502. The Hall–Kier alpha value is -1.22. The summed E-state index contributed by atoms with van der Waals surface area (Å²) in [6, 6.07) is 1.53. The van der Waals surface area contributed by atoms with Crippen molar-refractivity contribution in [3.8, 4) is 0 Å². The molecule has 2 heterocycles. The highest BCUT2D eigenvalue weighted by molar-refractivity contribution is 7.89. The summed E-state index contributed by atoms with van der Waals surface area (Å²) < 4.78 is 27.0. The Morgan fingerprint density at radius 1 is 1.58 bits per heavy atom. The summed E-state index contributed by atoms with van der Waals surface area (Å²) in [5.74, 6) is 5.66. The number of hydrogen-bond acceptors (Lipinski definition) is 6. The first kappa shape index (κ1) is 14.2. The number of hydrazine groups is 1. The van der Waals surface area contributed by atoms with Crippen LogP contribution in [-0.2, 0) is 10.0 Å². The summed E-state index contributed by atoms with van der Waals surface area (Å²) in [5, 5.41) is 0. The summed E-state index contributed by atoms with van der Waals surface area (Å²) in [5.41, 5.74) is 2.71. The van der Waals surface area contributed by atoms with E-state index >= 15 is 0 Å². The van der Waals surface area contributed by atoms with E-state index in [0.717, 1.165) is 19.5 Å². The maximum atomic E-state index is 12.2. The molecule has 0 bridgehead atoms. The van der Waals surface area contributed by atoms with E-state index in [2.05, 4.69) is 20.0 Å². The molecule has 0 amide bonds. The number of pyridine rings is 1. The molecule has 1 unspecified atom stereocenters. The molecule has 0 aromatic carbocycles. The van der Waals surface area contributed by atoms with Crippen molar-refractivity contribution in [2.24, 2.45) is 11.8 Å². The standard InChI is InChI=1S/C11H19N5O2S/c1-16-5-3-9(8-16)6-14-19(17,18)11-7-13-4-2-10(11)15-12/h2,4,7,9,14H,3,5-6,8,12H2,1H3,(H,13,15). The van der Waals surface area contributed by atoms with Gasteiger partial charge in [0.15, 0.2) is 0 Å². The van der Waals surface area contributed by atoms with E-state index in [1.807, 2.05) is 7.05 Å². The molecule has 1 saturated heterocycles. The van der Waals surface area contributed by atoms with Gasteiger partial charge in [-0.25, -0.2) is 13.1 Å². The molecule has 1 aromatic heterocycles. The second-order valence-electron chi connectivity index (χ2n) is 4.79. The predicted molar refractivity (Wildman–Crippen MR) is 72.8 cm³/mol. The Labute approximate surface area is 113 Å². The highest BCUT2D eigenvalue weighted by atomic mass is 32.2. The van der Waals surface area contributed by atoms with Crippen molar-refractivity contribution in [1.82, 2.24) is 14.6 Å². The van der Waals surface area contributed by atoms with Gasteiger partial charge in [-0.3, -0.25) is 10.8 Å². The summed E-state index contributed by atoms with van der Waals surface area (Å²) in [4.78, 5) is 6.09. The summed E-state index contributed by atoms with van der Waals surface area (Å²) in [6.07, 6.45) is 3.78. The van der Waals surface area contributed by atoms with Crippen LogP contribution in [0.1, 0.15) is 6.42 Å². The third-order valence-electron chi connectivity index (χ3n) is 3.28. The van der Waals surface area contributed by atoms with Gasteiger partial charge in [0.1, 0.15) is 4.90 Å². The van der Waals surface area contributed by atoms with Gasteiger partial charge in [-0.15, -0.1) is 0 Å². The maximum absolute atomic E-state index is 12.2. The SMILES string of the molecule is CN1CCC(CNS(=O)(=O)c2cnccc2NN)C1. The van der Waals surface area contributed by atoms with Crippen LogP contribution in [0.25, 0.3) is 0 Å². The zero-order valence-corrected chi connectivity index (χ0v) is 11.7. The van der Waals surface area contributed by atoms with Gasteiger partial charge in [0.25, 0.3) is 0 Å². The van der Waals surface area contributed by atoms with Crippen molar-refractivity contribution in [3.63, 3.8) is 0 Å². The van der Waals surface area contributed by atoms with Gasteiger partial charge in [0.05, 0.1) is 5.69 Å². The topological polar surface area (TPSA) is 100 Å². The van der Waals surface area contributed by atoms with Crippen LogP contribution >= 0.6 is 0 Å². The molecule has 8 heteroatoms. The summed E-state index contributed by atoms with van der Waals surface area (Å²) >= 11 is 0. The lowest BCUT2D eigenvalue weighted by molar-refractivity contribution is 0.394. The molecule has 106 valence electrons. The highest BCUT2D eigenvalue weighted by Crippen LogP contribution is 2.19. The summed E-state index contributed by atoms with van der Waals surface area (Å²) in [6.45, 7) is 2.36. The number of aromatic nitrogens is 1. The molecule has 1 aliphatic rings. The molecule has 0 aliphatic carbocycles. The van der Waals surface area contributed by atoms with Crippen molar-refractivity contribution in [3.05, 3.63) is 18.5 Å². The van der Waals surface area contributed by atoms with Crippen LogP contribution in [0.15, 0.2) is 23.4 Å². The maximum Gasteiger partial charge on any atom is 0.244 e. The summed E-state index contributed by atoms with van der Waals surface area (Å²) in [7, 11) is -1.55. The van der Waals surface area contributed by atoms with Crippen LogP contribution in [0, 0.1) is 5.92 Å². The zero-order valence-electron chi connectivity index (χ0n) is 10.8. The van der Waals surface area contributed by atoms with Crippen LogP contribution in [0.3, 0.4) is 0 Å². The van der Waals surface area contributed by atoms with E-state index in [4.69, 9.17) is 5.84 Å². The molecular formula is C11H19N5O2S. The average molecular weight is 285 g/mol. The number of rotatable bonds is 5. The van der Waals surface area contributed by atoms with Crippen molar-refractivity contribution >= 4 is 15.7 Å². The Morgan fingerprint density at radius 2 is 2.37 bits per heavy atom. The number of nitrogen functional groups attached to an aromatic ring is 1. The molecule has 0 radical (unpaired) electrons. The number of nitrogens with zero attached hydrogens (tertiary/aromatic N) is 2. The third-order valence-corrected chi connectivity index (χ3v) is 4.73. The lowest BCUT2D eigenvalue weighted by atomic mass is 10.1. The average Bonchev–Trinajstić information content (AvgIpc) is 2.82. The highest BCUT2D eigenvalue weighted by Gasteiger charge is 2.23. The van der Waals surface area contributed by atoms with Crippen LogP contribution in [-0.4, -0.2) is 45.0 Å². The van der Waals surface area contributed by atoms with Gasteiger partial charge in [-0.2, -0.15) is 0 Å². The molecule has 1 fully saturated rings. The van der Waals surface area contributed by atoms with Crippen molar-refractivity contribution in [2.45, 2.75) is 11.3 Å². The lowest BCUT2D eigenvalue weighted by Gasteiger charge is -2.13. The van der Waals surface area contributed by atoms with E-state index in [9.17, 15) is 8.42 Å². The van der Waals surface area contributed by atoms with Crippen LogP contribution in [0.4, 0.5) is 5.69 Å². The number of nitrogens with two attached hydrogens (primary N) is 1. The molecule has 7 nitrogen and oxygen atoms in total. The molecule has 0 spiro atoms. The van der Waals surface area contributed by atoms with Gasteiger partial charge in [0, 0.05) is 25.5 Å². The van der Waals surface area contributed by atoms with Gasteiger partial charge < -0.3 is 10.3 Å². The fraction of sp³-hybridized carbons (Fsp3) is 0.545. The first-order valence-electron chi connectivity index (χ1n) is 6.12. The Morgan fingerprint density at radius 3 is 3.00 bits per heavy atom. The Bertz CT molecular complexity index is 534. The Balaban J connectivity index is 2.06. The van der Waals surface area contributed by atoms with Crippen molar-refractivity contribution < 1.29 is 8.42 Å². The minimum Gasteiger partial charge on any atom is -0.323 e. The molecular weight excluding hydrogens is 266 g/mol. The van der Waals surface area contributed by atoms with E-state index in [1.165, 1.54) is 18.5 Å². The number of hydrogen-bond donors (Lipinski definition) is 3. The molecule has 1 atom stereocenters. The largest absolute Gasteiger partial charge is 0.323 e. The first-order valence-corrected chi connectivity index (χ1v) is 7.60. The molecule has 1 aliphatic heterocycles. The third kappa shape index (κ3) is 3.41. The van der Waals surface area contributed by atoms with E-state index in [0.29, 0.717) is 18.2 Å². The fourth-order valence-corrected chi connectivity index (χ4v) is 3.44. The molecule has 4 N–H and O–H groups in total.